The van der Waals surface area contributed by atoms with E-state index < -0.39 is 10.0 Å². The van der Waals surface area contributed by atoms with Gasteiger partial charge in [0.05, 0.1) is 23.4 Å². The standard InChI is InChI=1S/C14H16N2O3S/c1-10-3-6-12(7-4-10)20(17,18)16-11-5-8-14(19-2)13(15)9-11/h3-9,16H,15H2,1-2H3. The van der Waals surface area contributed by atoms with Crippen molar-refractivity contribution in [3.63, 3.8) is 0 Å². The number of methoxy groups -OCH3 is 1. The van der Waals surface area contributed by atoms with Gasteiger partial charge in [0.25, 0.3) is 10.0 Å². The monoisotopic (exact) mass is 292 g/mol. The summed E-state index contributed by atoms with van der Waals surface area (Å²) < 4.78 is 31.9. The van der Waals surface area contributed by atoms with Gasteiger partial charge in [0.2, 0.25) is 0 Å². The first-order valence-corrected chi connectivity index (χ1v) is 7.44. The Labute approximate surface area is 118 Å². The molecule has 20 heavy (non-hydrogen) atoms. The van der Waals surface area contributed by atoms with Crippen LogP contribution in [0.15, 0.2) is 47.4 Å². The van der Waals surface area contributed by atoms with Gasteiger partial charge in [0, 0.05) is 0 Å². The van der Waals surface area contributed by atoms with E-state index in [0.717, 1.165) is 5.56 Å². The molecule has 0 aliphatic heterocycles. The predicted octanol–water partition coefficient (Wildman–Crippen LogP) is 2.39. The highest BCUT2D eigenvalue weighted by Gasteiger charge is 2.14. The second kappa shape index (κ2) is 5.42. The summed E-state index contributed by atoms with van der Waals surface area (Å²) in [5.41, 5.74) is 7.51. The summed E-state index contributed by atoms with van der Waals surface area (Å²) in [6.07, 6.45) is 0. The van der Waals surface area contributed by atoms with Crippen molar-refractivity contribution in [2.45, 2.75) is 11.8 Å². The SMILES string of the molecule is COc1ccc(NS(=O)(=O)c2ccc(C)cc2)cc1N. The maximum absolute atomic E-state index is 12.2. The van der Waals surface area contributed by atoms with Crippen LogP contribution in [0.2, 0.25) is 0 Å². The van der Waals surface area contributed by atoms with Crippen LogP contribution in [0.4, 0.5) is 11.4 Å². The Balaban J connectivity index is 2.28. The molecule has 0 amide bonds. The molecule has 0 radical (unpaired) electrons. The van der Waals surface area contributed by atoms with E-state index >= 15 is 0 Å². The molecular formula is C14H16N2O3S. The lowest BCUT2D eigenvalue weighted by Crippen LogP contribution is -2.13. The topological polar surface area (TPSA) is 81.4 Å². The van der Waals surface area contributed by atoms with Gasteiger partial charge in [-0.3, -0.25) is 4.72 Å². The van der Waals surface area contributed by atoms with Crippen LogP contribution in [0.1, 0.15) is 5.56 Å². The Morgan fingerprint density at radius 3 is 2.30 bits per heavy atom. The summed E-state index contributed by atoms with van der Waals surface area (Å²) in [7, 11) is -2.11. The lowest BCUT2D eigenvalue weighted by molar-refractivity contribution is 0.417. The Bertz CT molecular complexity index is 710. The van der Waals surface area contributed by atoms with Gasteiger partial charge in [0.1, 0.15) is 5.75 Å². The van der Waals surface area contributed by atoms with Gasteiger partial charge in [0.15, 0.2) is 0 Å². The lowest BCUT2D eigenvalue weighted by atomic mass is 10.2. The molecule has 0 saturated heterocycles. The van der Waals surface area contributed by atoms with E-state index in [4.69, 9.17) is 10.5 Å². The Morgan fingerprint density at radius 1 is 1.10 bits per heavy atom. The van der Waals surface area contributed by atoms with Gasteiger partial charge in [-0.2, -0.15) is 0 Å². The minimum Gasteiger partial charge on any atom is -0.495 e. The zero-order valence-electron chi connectivity index (χ0n) is 11.3. The normalized spacial score (nSPS) is 11.1. The van der Waals surface area contributed by atoms with Crippen LogP contribution in [-0.4, -0.2) is 15.5 Å². The zero-order valence-corrected chi connectivity index (χ0v) is 12.1. The van der Waals surface area contributed by atoms with E-state index in [1.165, 1.54) is 13.2 Å². The van der Waals surface area contributed by atoms with E-state index in [0.29, 0.717) is 17.1 Å². The third-order valence-corrected chi connectivity index (χ3v) is 4.21. The van der Waals surface area contributed by atoms with Gasteiger partial charge in [-0.15, -0.1) is 0 Å². The van der Waals surface area contributed by atoms with E-state index in [-0.39, 0.29) is 4.90 Å². The fourth-order valence-electron chi connectivity index (χ4n) is 1.73. The second-order valence-electron chi connectivity index (χ2n) is 4.38. The molecule has 106 valence electrons. The van der Waals surface area contributed by atoms with E-state index in [1.54, 1.807) is 36.4 Å². The highest BCUT2D eigenvalue weighted by molar-refractivity contribution is 7.92. The maximum Gasteiger partial charge on any atom is 0.261 e. The molecule has 6 heteroatoms. The van der Waals surface area contributed by atoms with Crippen molar-refractivity contribution in [3.8, 4) is 5.75 Å². The molecule has 0 aromatic heterocycles. The molecule has 2 aromatic rings. The third kappa shape index (κ3) is 3.03. The summed E-state index contributed by atoms with van der Waals surface area (Å²) in [6, 6.07) is 11.3. The number of hydrogen-bond acceptors (Lipinski definition) is 4. The summed E-state index contributed by atoms with van der Waals surface area (Å²) >= 11 is 0. The van der Waals surface area contributed by atoms with Gasteiger partial charge >= 0.3 is 0 Å². The van der Waals surface area contributed by atoms with Crippen molar-refractivity contribution in [2.24, 2.45) is 0 Å². The average molecular weight is 292 g/mol. The van der Waals surface area contributed by atoms with Crippen molar-refractivity contribution in [1.82, 2.24) is 0 Å². The van der Waals surface area contributed by atoms with E-state index in [1.807, 2.05) is 6.92 Å². The van der Waals surface area contributed by atoms with Gasteiger partial charge < -0.3 is 10.5 Å². The molecule has 0 saturated carbocycles. The van der Waals surface area contributed by atoms with Crippen LogP contribution in [-0.2, 0) is 10.0 Å². The van der Waals surface area contributed by atoms with E-state index in [2.05, 4.69) is 4.72 Å². The number of aryl methyl sites for hydroxylation is 1. The molecule has 5 nitrogen and oxygen atoms in total. The summed E-state index contributed by atoms with van der Waals surface area (Å²) in [5.74, 6) is 0.503. The smallest absolute Gasteiger partial charge is 0.261 e. The number of anilines is 2. The molecule has 0 fully saturated rings. The molecule has 2 rings (SSSR count). The molecule has 0 aliphatic rings. The quantitative estimate of drug-likeness (QED) is 0.848. The third-order valence-electron chi connectivity index (χ3n) is 2.81. The molecule has 0 aliphatic carbocycles. The first kappa shape index (κ1) is 14.2. The van der Waals surface area contributed by atoms with Crippen molar-refractivity contribution in [1.29, 1.82) is 0 Å². The highest BCUT2D eigenvalue weighted by atomic mass is 32.2. The molecule has 0 heterocycles. The minimum absolute atomic E-state index is 0.206. The van der Waals surface area contributed by atoms with Gasteiger partial charge in [-0.1, -0.05) is 17.7 Å². The van der Waals surface area contributed by atoms with Crippen molar-refractivity contribution in [2.75, 3.05) is 17.6 Å². The Kier molecular flexibility index (Phi) is 3.85. The molecule has 2 aromatic carbocycles. The molecule has 3 N–H and O–H groups in total. The average Bonchev–Trinajstić information content (AvgIpc) is 2.39. The lowest BCUT2D eigenvalue weighted by Gasteiger charge is -2.10. The Morgan fingerprint density at radius 2 is 1.75 bits per heavy atom. The first-order chi connectivity index (χ1) is 9.42. The number of nitrogens with one attached hydrogen (secondary N) is 1. The molecule has 0 unspecified atom stereocenters. The summed E-state index contributed by atoms with van der Waals surface area (Å²) in [5, 5.41) is 0. The van der Waals surface area contributed by atoms with Crippen molar-refractivity contribution >= 4 is 21.4 Å². The molecule has 0 atom stereocenters. The van der Waals surface area contributed by atoms with Crippen LogP contribution in [0.5, 0.6) is 5.75 Å². The van der Waals surface area contributed by atoms with Crippen LogP contribution in [0.25, 0.3) is 0 Å². The number of nitrogens with two attached hydrogens (primary N) is 1. The maximum atomic E-state index is 12.2. The van der Waals surface area contributed by atoms with Crippen LogP contribution < -0.4 is 15.2 Å². The number of hydrogen-bond donors (Lipinski definition) is 2. The predicted molar refractivity (Wildman–Crippen MR) is 79.4 cm³/mol. The highest BCUT2D eigenvalue weighted by Crippen LogP contribution is 2.26. The fraction of sp³-hybridized carbons (Fsp3) is 0.143. The first-order valence-electron chi connectivity index (χ1n) is 5.95. The van der Waals surface area contributed by atoms with Crippen LogP contribution in [0, 0.1) is 6.92 Å². The largest absolute Gasteiger partial charge is 0.495 e. The number of rotatable bonds is 4. The zero-order chi connectivity index (χ0) is 14.8. The molecule has 0 spiro atoms. The number of nitrogen functional groups attached to an aromatic ring is 1. The fourth-order valence-corrected chi connectivity index (χ4v) is 2.78. The minimum atomic E-state index is -3.61. The van der Waals surface area contributed by atoms with Crippen molar-refractivity contribution in [3.05, 3.63) is 48.0 Å². The Hall–Kier alpha value is -2.21. The number of sulfonamides is 1. The molecular weight excluding hydrogens is 276 g/mol. The van der Waals surface area contributed by atoms with Crippen molar-refractivity contribution < 1.29 is 13.2 Å². The van der Waals surface area contributed by atoms with Gasteiger partial charge in [-0.25, -0.2) is 8.42 Å². The van der Waals surface area contributed by atoms with Crippen LogP contribution >= 0.6 is 0 Å². The van der Waals surface area contributed by atoms with Gasteiger partial charge in [-0.05, 0) is 37.3 Å². The van der Waals surface area contributed by atoms with E-state index in [9.17, 15) is 8.42 Å². The second-order valence-corrected chi connectivity index (χ2v) is 6.06. The van der Waals surface area contributed by atoms with Crippen LogP contribution in [0.3, 0.4) is 0 Å². The summed E-state index contributed by atoms with van der Waals surface area (Å²) in [4.78, 5) is 0.206. The number of ether oxygens (including phenoxy) is 1. The summed E-state index contributed by atoms with van der Waals surface area (Å²) in [6.45, 7) is 1.90. The number of benzene rings is 2. The molecule has 0 bridgehead atoms.